The standard InChI is InChI=1S/C22H29N3O.C20H25N3O2.C20H25N3O.C20H24N2O.C19H29N3O.C18H25N5O/c1-4-5-13-25(3)15-22-20-14-19(11-12-21(20)23-24-22)26-16-17(2)18-9-7-6-8-10-18;1-4-5-11-23(2)14-20-18-13-17(9-10-19(18)21-22-20)25-16-8-6-7-15(12-16)24-3;1-3-4-13-23(2)14-18-20-17(21-22-18)11-8-12-19(20)24-15-16-9-6-5-7-10-16;1-3-11-22(2)14-20-19-12-18(10-9-17(19)13-21-20)23-15-16-7-5-4-6-8-16;1-3-4-12-22(2)14-19-17-13-16(10-11-18(17)20-21-19)23-15-8-6-5-7-9-15;1-4-5-9-22(2)12-18-16-11-15(6-7-17(16)19-20-18)24-13-14-8-10-23(3)21-14/h6-12,14,17H,4-5,13,15-16H2,1-3H3,(H,23,24);6-10,12-13H,4-5,11,14H2,1-3H3,(H,21,22);5-12H,3-4,13-15H2,1-2H3,(H,21,22);4-10,12H,3,11,13-15H2,1-2H3;10-11,13,15H,3-9,12,14H2,1-2H3,(H,20,21);6-8,10-11H,4-5,9,12-13H2,1-3H3,(H,19,20). The minimum Gasteiger partial charge on any atom is -0.497 e. The second-order valence-corrected chi connectivity index (χ2v) is 38.8. The van der Waals surface area contributed by atoms with Crippen LogP contribution in [-0.2, 0) is 66.1 Å². The quantitative estimate of drug-likeness (QED) is 0.0237. The lowest BCUT2D eigenvalue weighted by molar-refractivity contribution is 0.155. The predicted molar refractivity (Wildman–Crippen MR) is 591 cm³/mol. The minimum absolute atomic E-state index is 0.357. The van der Waals surface area contributed by atoms with Gasteiger partial charge < -0.3 is 62.6 Å². The molecule has 5 N–H and O–H groups in total. The number of benzene rings is 10. The molecule has 1 atom stereocenters. The maximum atomic E-state index is 6.20. The lowest BCUT2D eigenvalue weighted by atomic mass is 9.98. The summed E-state index contributed by atoms with van der Waals surface area (Å²) in [5.74, 6) is 7.22. The summed E-state index contributed by atoms with van der Waals surface area (Å²) < 4.78 is 43.2. The van der Waals surface area contributed by atoms with E-state index in [-0.39, 0.29) is 0 Å². The van der Waals surface area contributed by atoms with Gasteiger partial charge in [0.1, 0.15) is 65.8 Å². The Balaban J connectivity index is 0.000000146. The molecule has 0 bridgehead atoms. The van der Waals surface area contributed by atoms with E-state index in [1.165, 1.54) is 141 Å². The molecular weight excluding hydrogens is 1810 g/mol. The lowest BCUT2D eigenvalue weighted by Crippen LogP contribution is -2.26. The van der Waals surface area contributed by atoms with Crippen LogP contribution in [0.3, 0.4) is 0 Å². The van der Waals surface area contributed by atoms with Crippen molar-refractivity contribution in [2.75, 3.05) is 102 Å². The van der Waals surface area contributed by atoms with E-state index in [4.69, 9.17) is 38.2 Å². The molecule has 1 fully saturated rings. The Morgan fingerprint density at radius 3 is 1.30 bits per heavy atom. The maximum absolute atomic E-state index is 6.20. The number of aliphatic imine (C=N–C) groups is 1. The van der Waals surface area contributed by atoms with Gasteiger partial charge in [0.2, 0.25) is 0 Å². The predicted octanol–water partition coefficient (Wildman–Crippen LogP) is 25.5. The first-order valence-electron chi connectivity index (χ1n) is 52.5. The van der Waals surface area contributed by atoms with Crippen LogP contribution < -0.4 is 33.2 Å². The van der Waals surface area contributed by atoms with Crippen LogP contribution in [-0.4, -0.2) is 204 Å². The molecule has 16 aromatic rings. The summed E-state index contributed by atoms with van der Waals surface area (Å²) in [5, 5.41) is 48.0. The van der Waals surface area contributed by atoms with Gasteiger partial charge in [-0.25, -0.2) is 0 Å². The second kappa shape index (κ2) is 58.1. The summed E-state index contributed by atoms with van der Waals surface area (Å²) in [5.41, 5.74) is 18.9. The Bertz CT molecular complexity index is 6500. The Morgan fingerprint density at radius 1 is 0.372 bits per heavy atom. The van der Waals surface area contributed by atoms with Crippen molar-refractivity contribution in [3.05, 3.63) is 299 Å². The number of unbranched alkanes of at least 4 members (excludes halogenated alkanes) is 5. The molecule has 1 aliphatic carbocycles. The van der Waals surface area contributed by atoms with E-state index in [2.05, 4.69) is 273 Å². The number of aromatic amines is 5. The Labute approximate surface area is 859 Å². The van der Waals surface area contributed by atoms with Crippen LogP contribution in [0.5, 0.6) is 46.0 Å². The molecule has 10 aromatic carbocycles. The number of likely N-dealkylation sites (N-methyl/N-ethyl adjacent to an activating group) is 1. The number of aryl methyl sites for hydroxylation is 1. The van der Waals surface area contributed by atoms with Crippen LogP contribution in [0.15, 0.2) is 242 Å². The molecule has 1 saturated carbocycles. The number of H-pyrrole nitrogens is 5. The van der Waals surface area contributed by atoms with Crippen LogP contribution in [0.2, 0.25) is 0 Å². The Morgan fingerprint density at radius 2 is 0.793 bits per heavy atom. The lowest BCUT2D eigenvalue weighted by Gasteiger charge is -2.23. The van der Waals surface area contributed by atoms with E-state index in [9.17, 15) is 0 Å². The summed E-state index contributed by atoms with van der Waals surface area (Å²) >= 11 is 0. The molecule has 26 heteroatoms. The van der Waals surface area contributed by atoms with E-state index < -0.39 is 0 Å². The zero-order chi connectivity index (χ0) is 102. The normalized spacial score (nSPS) is 12.6. The van der Waals surface area contributed by atoms with Crippen LogP contribution in [0.1, 0.15) is 219 Å². The van der Waals surface area contributed by atoms with Gasteiger partial charge in [0.25, 0.3) is 0 Å². The molecule has 145 heavy (non-hydrogen) atoms. The number of aromatic nitrogens is 12. The van der Waals surface area contributed by atoms with Crippen molar-refractivity contribution in [2.24, 2.45) is 12.0 Å². The van der Waals surface area contributed by atoms with Crippen molar-refractivity contribution in [3.63, 3.8) is 0 Å². The second-order valence-electron chi connectivity index (χ2n) is 38.8. The monoisotopic (exact) mass is 1960 g/mol. The number of nitrogens with one attached hydrogen (secondary N) is 5. The third-order valence-electron chi connectivity index (χ3n) is 26.1. The fraction of sp³-hybridized carbons (Fsp3) is 0.420. The maximum Gasteiger partial charge on any atom is 0.132 e. The summed E-state index contributed by atoms with van der Waals surface area (Å²) in [6.07, 6.45) is 21.9. The molecule has 0 spiro atoms. The van der Waals surface area contributed by atoms with Gasteiger partial charge in [0.05, 0.1) is 99.2 Å². The third-order valence-corrected chi connectivity index (χ3v) is 26.1. The zero-order valence-corrected chi connectivity index (χ0v) is 88.6. The van der Waals surface area contributed by atoms with Crippen LogP contribution in [0, 0.1) is 0 Å². The molecular formula is C119H157N19O7. The highest BCUT2D eigenvalue weighted by molar-refractivity contribution is 6.05. The fourth-order valence-electron chi connectivity index (χ4n) is 17.8. The van der Waals surface area contributed by atoms with E-state index in [1.54, 1.807) is 11.8 Å². The van der Waals surface area contributed by atoms with Gasteiger partial charge in [0.15, 0.2) is 0 Å². The van der Waals surface area contributed by atoms with Crippen LogP contribution >= 0.6 is 0 Å². The van der Waals surface area contributed by atoms with Crippen molar-refractivity contribution in [3.8, 4) is 46.0 Å². The minimum atomic E-state index is 0.357. The molecule has 26 nitrogen and oxygen atoms in total. The van der Waals surface area contributed by atoms with Crippen molar-refractivity contribution in [2.45, 2.75) is 222 Å². The third kappa shape index (κ3) is 34.2. The van der Waals surface area contributed by atoms with Gasteiger partial charge in [-0.15, -0.1) is 0 Å². The molecule has 1 aliphatic heterocycles. The van der Waals surface area contributed by atoms with E-state index in [0.29, 0.717) is 38.4 Å². The number of rotatable bonds is 47. The highest BCUT2D eigenvalue weighted by atomic mass is 16.5. The van der Waals surface area contributed by atoms with Gasteiger partial charge in [0, 0.05) is 91.6 Å². The van der Waals surface area contributed by atoms with Gasteiger partial charge in [-0.2, -0.15) is 30.6 Å². The molecule has 0 saturated heterocycles. The summed E-state index contributed by atoms with van der Waals surface area (Å²) in [7, 11) is 16.5. The SMILES string of the molecule is CCCCN(C)Cc1[nH]nc2ccc(OC3CCCCC3)cc12.CCCCN(C)Cc1[nH]nc2ccc(OCC(C)c3ccccc3)cc12.CCCCN(C)Cc1[nH]nc2ccc(OCc3ccn(C)n3)cc12.CCCCN(C)Cc1[nH]nc2ccc(Oc3cccc(OC)c3)cc12.CCCCN(C)Cc1[nH]nc2cccc(OCc3ccccc3)c12.CCCN(C)CC1=NCc2ccc(OCc3ccccc3)cc21. The van der Waals surface area contributed by atoms with E-state index in [0.717, 1.165) is 215 Å². The number of methoxy groups -OCH3 is 1. The Kier molecular flexibility index (Phi) is 43.7. The van der Waals surface area contributed by atoms with E-state index in [1.807, 2.05) is 147 Å². The number of hydrogen-bond donors (Lipinski definition) is 5. The molecule has 2 aliphatic rings. The van der Waals surface area contributed by atoms with Crippen LogP contribution in [0.4, 0.5) is 0 Å². The summed E-state index contributed by atoms with van der Waals surface area (Å²) in [4.78, 5) is 18.7. The number of fused-ring (bicyclic) bond motifs is 6. The molecule has 6 aromatic heterocycles. The largest absolute Gasteiger partial charge is 0.497 e. The van der Waals surface area contributed by atoms with Crippen molar-refractivity contribution in [1.82, 2.24) is 90.2 Å². The van der Waals surface area contributed by atoms with Gasteiger partial charge >= 0.3 is 0 Å². The highest BCUT2D eigenvalue weighted by Crippen LogP contribution is 2.35. The molecule has 770 valence electrons. The fourth-order valence-corrected chi connectivity index (χ4v) is 17.8. The first-order chi connectivity index (χ1) is 70.8. The topological polar surface area (TPSA) is 258 Å². The van der Waals surface area contributed by atoms with Crippen LogP contribution in [0.25, 0.3) is 54.5 Å². The van der Waals surface area contributed by atoms with Gasteiger partial charge in [-0.3, -0.25) is 35.2 Å². The highest BCUT2D eigenvalue weighted by Gasteiger charge is 2.23. The average Bonchev–Trinajstić information content (AvgIpc) is 1.62. The zero-order valence-electron chi connectivity index (χ0n) is 88.6. The molecule has 0 amide bonds. The van der Waals surface area contributed by atoms with Gasteiger partial charge in [-0.05, 0) is 283 Å². The Hall–Kier alpha value is -13.2. The average molecular weight is 1970 g/mol. The number of hydrogen-bond acceptors (Lipinski definition) is 20. The summed E-state index contributed by atoms with van der Waals surface area (Å²) in [6.45, 7) is 30.4. The number of nitrogens with zero attached hydrogens (tertiary/aromatic N) is 14. The number of ether oxygens (including phenoxy) is 7. The molecule has 18 rings (SSSR count). The summed E-state index contributed by atoms with van der Waals surface area (Å²) in [6, 6.07) is 77.4. The van der Waals surface area contributed by atoms with Crippen molar-refractivity contribution < 1.29 is 33.2 Å². The van der Waals surface area contributed by atoms with Crippen molar-refractivity contribution in [1.29, 1.82) is 0 Å². The molecule has 0 radical (unpaired) electrons. The first-order valence-corrected chi connectivity index (χ1v) is 52.5. The van der Waals surface area contributed by atoms with Crippen molar-refractivity contribution >= 4 is 60.2 Å². The first kappa shape index (κ1) is 109. The molecule has 1 unspecified atom stereocenters. The van der Waals surface area contributed by atoms with E-state index >= 15 is 0 Å². The smallest absolute Gasteiger partial charge is 0.132 e. The molecule has 7 heterocycles. The van der Waals surface area contributed by atoms with Gasteiger partial charge in [-0.1, -0.05) is 196 Å².